The molecule has 1 saturated heterocycles. The molecular weight excluding hydrogens is 328 g/mol. The molecule has 0 unspecified atom stereocenters. The summed E-state index contributed by atoms with van der Waals surface area (Å²) in [5.74, 6) is 0.226. The summed E-state index contributed by atoms with van der Waals surface area (Å²) >= 11 is 6.11. The molecule has 1 aromatic carbocycles. The summed E-state index contributed by atoms with van der Waals surface area (Å²) in [6.45, 7) is 2.86. The third kappa shape index (κ3) is 4.21. The zero-order valence-corrected chi connectivity index (χ0v) is 14.0. The average molecular weight is 347 g/mol. The van der Waals surface area contributed by atoms with E-state index in [9.17, 15) is 4.79 Å². The second-order valence-corrected chi connectivity index (χ2v) is 5.86. The number of rotatable bonds is 5. The molecule has 0 spiro atoms. The Kier molecular flexibility index (Phi) is 5.61. The van der Waals surface area contributed by atoms with Crippen molar-refractivity contribution in [3.8, 4) is 0 Å². The minimum atomic E-state index is -0.184. The number of hydrogen-bond acceptors (Lipinski definition) is 5. The Balaban J connectivity index is 1.63. The first-order valence-corrected chi connectivity index (χ1v) is 8.29. The summed E-state index contributed by atoms with van der Waals surface area (Å²) in [7, 11) is 0. The van der Waals surface area contributed by atoms with Gasteiger partial charge in [0.25, 0.3) is 5.91 Å². The van der Waals surface area contributed by atoms with E-state index in [1.807, 2.05) is 18.2 Å². The SMILES string of the molecule is O=C(c1nc(NCCc2ccccc2)ncc1Cl)N1CCOCC1. The molecule has 1 aliphatic rings. The Hall–Kier alpha value is -2.18. The maximum absolute atomic E-state index is 12.5. The van der Waals surface area contributed by atoms with Crippen LogP contribution in [0.3, 0.4) is 0 Å². The van der Waals surface area contributed by atoms with Gasteiger partial charge in [-0.2, -0.15) is 0 Å². The summed E-state index contributed by atoms with van der Waals surface area (Å²) in [6.07, 6.45) is 2.31. The van der Waals surface area contributed by atoms with Crippen molar-refractivity contribution in [3.63, 3.8) is 0 Å². The van der Waals surface area contributed by atoms with Gasteiger partial charge in [-0.3, -0.25) is 4.79 Å². The quantitative estimate of drug-likeness (QED) is 0.899. The average Bonchev–Trinajstić information content (AvgIpc) is 2.64. The fourth-order valence-corrected chi connectivity index (χ4v) is 2.65. The summed E-state index contributed by atoms with van der Waals surface area (Å²) in [4.78, 5) is 22.7. The largest absolute Gasteiger partial charge is 0.378 e. The summed E-state index contributed by atoms with van der Waals surface area (Å²) in [5, 5.41) is 3.41. The number of carbonyl (C=O) groups is 1. The summed E-state index contributed by atoms with van der Waals surface area (Å²) in [6, 6.07) is 10.1. The summed E-state index contributed by atoms with van der Waals surface area (Å²) < 4.78 is 5.26. The first-order chi connectivity index (χ1) is 11.7. The fourth-order valence-electron chi connectivity index (χ4n) is 2.48. The van der Waals surface area contributed by atoms with Gasteiger partial charge in [-0.15, -0.1) is 0 Å². The van der Waals surface area contributed by atoms with Crippen molar-refractivity contribution in [2.24, 2.45) is 0 Å². The lowest BCUT2D eigenvalue weighted by Gasteiger charge is -2.26. The van der Waals surface area contributed by atoms with Crippen molar-refractivity contribution >= 4 is 23.5 Å². The highest BCUT2D eigenvalue weighted by atomic mass is 35.5. The molecule has 126 valence electrons. The van der Waals surface area contributed by atoms with Crippen molar-refractivity contribution in [2.45, 2.75) is 6.42 Å². The number of nitrogens with zero attached hydrogens (tertiary/aromatic N) is 3. The van der Waals surface area contributed by atoms with Crippen LogP contribution in [0.1, 0.15) is 16.1 Å². The number of nitrogens with one attached hydrogen (secondary N) is 1. The monoisotopic (exact) mass is 346 g/mol. The molecule has 2 aromatic rings. The molecule has 3 rings (SSSR count). The van der Waals surface area contributed by atoms with Gasteiger partial charge in [0.05, 0.1) is 24.4 Å². The Morgan fingerprint density at radius 1 is 1.25 bits per heavy atom. The molecule has 0 bridgehead atoms. The first-order valence-electron chi connectivity index (χ1n) is 7.91. The van der Waals surface area contributed by atoms with Crippen LogP contribution >= 0.6 is 11.6 Å². The Labute approximate surface area is 145 Å². The smallest absolute Gasteiger partial charge is 0.274 e. The van der Waals surface area contributed by atoms with Crippen LogP contribution in [0.15, 0.2) is 36.5 Å². The van der Waals surface area contributed by atoms with Gasteiger partial charge in [0.15, 0.2) is 5.69 Å². The molecule has 1 N–H and O–H groups in total. The molecule has 1 amide bonds. The van der Waals surface area contributed by atoms with Gasteiger partial charge in [-0.05, 0) is 12.0 Å². The number of hydrogen-bond donors (Lipinski definition) is 1. The lowest BCUT2D eigenvalue weighted by Crippen LogP contribution is -2.41. The predicted octanol–water partition coefficient (Wildman–Crippen LogP) is 2.26. The Bertz CT molecular complexity index is 690. The number of morpholine rings is 1. The third-order valence-electron chi connectivity index (χ3n) is 3.78. The molecule has 6 nitrogen and oxygen atoms in total. The predicted molar refractivity (Wildman–Crippen MR) is 92.4 cm³/mol. The molecule has 0 atom stereocenters. The van der Waals surface area contributed by atoms with Gasteiger partial charge in [0.1, 0.15) is 0 Å². The van der Waals surface area contributed by atoms with E-state index in [2.05, 4.69) is 27.4 Å². The van der Waals surface area contributed by atoms with Gasteiger partial charge in [0, 0.05) is 19.6 Å². The minimum Gasteiger partial charge on any atom is -0.378 e. The molecule has 24 heavy (non-hydrogen) atoms. The highest BCUT2D eigenvalue weighted by Crippen LogP contribution is 2.17. The highest BCUT2D eigenvalue weighted by molar-refractivity contribution is 6.33. The zero-order valence-electron chi connectivity index (χ0n) is 13.2. The zero-order chi connectivity index (χ0) is 16.8. The number of benzene rings is 1. The lowest BCUT2D eigenvalue weighted by molar-refractivity contribution is 0.0299. The van der Waals surface area contributed by atoms with E-state index in [4.69, 9.17) is 16.3 Å². The maximum Gasteiger partial charge on any atom is 0.274 e. The van der Waals surface area contributed by atoms with Gasteiger partial charge in [-0.1, -0.05) is 41.9 Å². The van der Waals surface area contributed by atoms with E-state index >= 15 is 0 Å². The molecule has 0 saturated carbocycles. The van der Waals surface area contributed by atoms with Crippen molar-refractivity contribution < 1.29 is 9.53 Å². The number of halogens is 1. The maximum atomic E-state index is 12.5. The van der Waals surface area contributed by atoms with Crippen LogP contribution in [0.4, 0.5) is 5.95 Å². The molecule has 2 heterocycles. The number of amides is 1. The Morgan fingerprint density at radius 2 is 2.00 bits per heavy atom. The molecule has 0 aliphatic carbocycles. The third-order valence-corrected chi connectivity index (χ3v) is 4.06. The van der Waals surface area contributed by atoms with Crippen molar-refractivity contribution in [3.05, 3.63) is 52.8 Å². The number of ether oxygens (including phenoxy) is 1. The van der Waals surface area contributed by atoms with Crippen LogP contribution in [0, 0.1) is 0 Å². The molecular formula is C17H19ClN4O2. The number of carbonyl (C=O) groups excluding carboxylic acids is 1. The van der Waals surface area contributed by atoms with Gasteiger partial charge < -0.3 is 15.0 Å². The Morgan fingerprint density at radius 3 is 2.75 bits per heavy atom. The standard InChI is InChI=1S/C17H19ClN4O2/c18-14-12-20-17(19-7-6-13-4-2-1-3-5-13)21-15(14)16(23)22-8-10-24-11-9-22/h1-5,12H,6-11H2,(H,19,20,21). The van der Waals surface area contributed by atoms with E-state index in [1.165, 1.54) is 11.8 Å². The second-order valence-electron chi connectivity index (χ2n) is 5.46. The van der Waals surface area contributed by atoms with Crippen LogP contribution in [0.2, 0.25) is 5.02 Å². The van der Waals surface area contributed by atoms with E-state index in [1.54, 1.807) is 4.90 Å². The van der Waals surface area contributed by atoms with Gasteiger partial charge in [0.2, 0.25) is 5.95 Å². The molecule has 0 radical (unpaired) electrons. The van der Waals surface area contributed by atoms with Crippen molar-refractivity contribution in [2.75, 3.05) is 38.2 Å². The van der Waals surface area contributed by atoms with E-state index in [-0.39, 0.29) is 16.6 Å². The topological polar surface area (TPSA) is 67.4 Å². The van der Waals surface area contributed by atoms with Crippen LogP contribution in [-0.2, 0) is 11.2 Å². The number of aromatic nitrogens is 2. The highest BCUT2D eigenvalue weighted by Gasteiger charge is 2.22. The minimum absolute atomic E-state index is 0.184. The number of anilines is 1. The fraction of sp³-hybridized carbons (Fsp3) is 0.353. The molecule has 7 heteroatoms. The van der Waals surface area contributed by atoms with Crippen molar-refractivity contribution in [1.29, 1.82) is 0 Å². The normalized spacial score (nSPS) is 14.5. The molecule has 1 aliphatic heterocycles. The molecule has 1 aromatic heterocycles. The van der Waals surface area contributed by atoms with E-state index in [0.29, 0.717) is 38.8 Å². The van der Waals surface area contributed by atoms with Gasteiger partial charge >= 0.3 is 0 Å². The van der Waals surface area contributed by atoms with Crippen molar-refractivity contribution in [1.82, 2.24) is 14.9 Å². The van der Waals surface area contributed by atoms with E-state index < -0.39 is 0 Å². The van der Waals surface area contributed by atoms with Crippen LogP contribution in [-0.4, -0.2) is 53.6 Å². The van der Waals surface area contributed by atoms with Crippen LogP contribution in [0.5, 0.6) is 0 Å². The second kappa shape index (κ2) is 8.08. The molecule has 1 fully saturated rings. The lowest BCUT2D eigenvalue weighted by atomic mass is 10.1. The summed E-state index contributed by atoms with van der Waals surface area (Å²) in [5.41, 5.74) is 1.46. The first kappa shape index (κ1) is 16.7. The van der Waals surface area contributed by atoms with Crippen LogP contribution in [0.25, 0.3) is 0 Å². The van der Waals surface area contributed by atoms with Gasteiger partial charge in [-0.25, -0.2) is 9.97 Å². The van der Waals surface area contributed by atoms with E-state index in [0.717, 1.165) is 6.42 Å². The van der Waals surface area contributed by atoms with Crippen LogP contribution < -0.4 is 5.32 Å².